The minimum atomic E-state index is -3.21. The van der Waals surface area contributed by atoms with Crippen molar-refractivity contribution >= 4 is 28.0 Å². The maximum Gasteiger partial charge on any atom is 0.340 e. The van der Waals surface area contributed by atoms with Crippen molar-refractivity contribution in [3.05, 3.63) is 60.1 Å². The molecule has 0 amide bonds. The highest BCUT2D eigenvalue weighted by atomic mass is 19.3. The van der Waals surface area contributed by atoms with E-state index in [0.717, 1.165) is 12.8 Å². The van der Waals surface area contributed by atoms with Crippen LogP contribution in [0.2, 0.25) is 0 Å². The lowest BCUT2D eigenvalue weighted by Gasteiger charge is -2.17. The van der Waals surface area contributed by atoms with Gasteiger partial charge in [-0.1, -0.05) is 6.58 Å². The van der Waals surface area contributed by atoms with Gasteiger partial charge in [-0.25, -0.2) is 27.9 Å². The Bertz CT molecular complexity index is 1480. The molecule has 0 unspecified atom stereocenters. The fourth-order valence-corrected chi connectivity index (χ4v) is 4.28. The van der Waals surface area contributed by atoms with Crippen LogP contribution in [0.25, 0.3) is 33.6 Å². The lowest BCUT2D eigenvalue weighted by Crippen LogP contribution is -2.22. The van der Waals surface area contributed by atoms with Gasteiger partial charge in [-0.15, -0.1) is 0 Å². The largest absolute Gasteiger partial charge is 0.465 e. The molecule has 1 aliphatic carbocycles. The summed E-state index contributed by atoms with van der Waals surface area (Å²) in [6.07, 6.45) is 2.28. The van der Waals surface area contributed by atoms with Crippen molar-refractivity contribution in [1.29, 1.82) is 0 Å². The molecule has 1 aliphatic rings. The van der Waals surface area contributed by atoms with E-state index in [4.69, 9.17) is 5.73 Å². The first-order valence-corrected chi connectivity index (χ1v) is 11.2. The van der Waals surface area contributed by atoms with E-state index < -0.39 is 24.3 Å². The summed E-state index contributed by atoms with van der Waals surface area (Å²) in [6.45, 7) is 4.32. The summed E-state index contributed by atoms with van der Waals surface area (Å²) in [5.41, 5.74) is 7.89. The summed E-state index contributed by atoms with van der Waals surface area (Å²) < 4.78 is 51.9. The van der Waals surface area contributed by atoms with Gasteiger partial charge in [-0.3, -0.25) is 0 Å². The fourth-order valence-electron chi connectivity index (χ4n) is 4.28. The molecule has 0 bridgehead atoms. The predicted molar refractivity (Wildman–Crippen MR) is 126 cm³/mol. The van der Waals surface area contributed by atoms with E-state index in [9.17, 15) is 18.0 Å². The second-order valence-electron chi connectivity index (χ2n) is 8.87. The summed E-state index contributed by atoms with van der Waals surface area (Å²) >= 11 is 0. The lowest BCUT2D eigenvalue weighted by molar-refractivity contribution is 0.0379. The molecule has 1 aromatic carbocycles. The zero-order chi connectivity index (χ0) is 25.1. The maximum atomic E-state index is 14.8. The van der Waals surface area contributed by atoms with Gasteiger partial charge in [0.2, 0.25) is 0 Å². The van der Waals surface area contributed by atoms with Gasteiger partial charge in [0.05, 0.1) is 41.6 Å². The second kappa shape index (κ2) is 8.23. The summed E-state index contributed by atoms with van der Waals surface area (Å²) in [4.78, 5) is 21.3. The van der Waals surface area contributed by atoms with Crippen LogP contribution >= 0.6 is 0 Å². The van der Waals surface area contributed by atoms with Crippen molar-refractivity contribution in [2.75, 3.05) is 7.11 Å². The maximum absolute atomic E-state index is 14.8. The molecule has 3 aromatic heterocycles. The van der Waals surface area contributed by atoms with Crippen LogP contribution in [0.4, 0.5) is 13.2 Å². The minimum Gasteiger partial charge on any atom is -0.465 e. The van der Waals surface area contributed by atoms with Crippen LogP contribution in [0.5, 0.6) is 0 Å². The number of allylic oxidation sites excluding steroid dienone is 1. The highest BCUT2D eigenvalue weighted by molar-refractivity contribution is 5.95. The fraction of sp³-hybridized carbons (Fsp3) is 0.320. The molecule has 1 fully saturated rings. The van der Waals surface area contributed by atoms with Crippen molar-refractivity contribution in [2.24, 2.45) is 5.73 Å². The molecule has 10 heteroatoms. The number of halogens is 3. The molecular weight excluding hydrogens is 459 g/mol. The highest BCUT2D eigenvalue weighted by Gasteiger charge is 2.33. The molecular formula is C25H24F3N5O2. The Hall–Kier alpha value is -3.66. The van der Waals surface area contributed by atoms with Crippen molar-refractivity contribution < 1.29 is 22.7 Å². The van der Waals surface area contributed by atoms with E-state index in [0.29, 0.717) is 45.4 Å². The number of pyridine rings is 1. The summed E-state index contributed by atoms with van der Waals surface area (Å²) in [5.74, 6) is -4.38. The number of fused-ring (bicyclic) bond motifs is 2. The number of methoxy groups -OCH3 is 1. The number of hydrogen-bond acceptors (Lipinski definition) is 5. The van der Waals surface area contributed by atoms with E-state index in [1.807, 2.05) is 4.57 Å². The monoisotopic (exact) mass is 483 g/mol. The molecule has 1 atom stereocenters. The molecule has 0 spiro atoms. The third-order valence-electron chi connectivity index (χ3n) is 6.22. The number of alkyl halides is 2. The van der Waals surface area contributed by atoms with Crippen LogP contribution < -0.4 is 5.73 Å². The SMILES string of the molecule is C=CC(F)(F)Cn1c(-c2nc3cc(C(=O)OC)c(F)cc3n2C2CC2)cc2ccc([C@@H](C)N)nc21. The standard InChI is InChI=1S/C25H24F3N5O2/c1-4-25(27,28)12-32-21(9-14-5-8-18(13(2)29)30-22(14)32)23-31-19-10-16(24(34)35-3)17(26)11-20(19)33(23)15-6-7-15/h4-5,8-11,13,15H,1,6-7,12,29H2,2-3H3/t13-/m1/s1. The number of esters is 1. The van der Waals surface area contributed by atoms with Crippen molar-refractivity contribution in [3.8, 4) is 11.5 Å². The molecule has 0 saturated heterocycles. The van der Waals surface area contributed by atoms with Gasteiger partial charge in [0.25, 0.3) is 5.92 Å². The lowest BCUT2D eigenvalue weighted by atomic mass is 10.2. The van der Waals surface area contributed by atoms with Crippen LogP contribution in [0.3, 0.4) is 0 Å². The molecule has 182 valence electrons. The third kappa shape index (κ3) is 3.97. The van der Waals surface area contributed by atoms with Gasteiger partial charge in [0, 0.05) is 23.5 Å². The van der Waals surface area contributed by atoms with Crippen molar-refractivity contribution in [3.63, 3.8) is 0 Å². The molecule has 35 heavy (non-hydrogen) atoms. The Labute approximate surface area is 199 Å². The Morgan fingerprint density at radius 1 is 1.31 bits per heavy atom. The normalized spacial score (nSPS) is 15.0. The average Bonchev–Trinajstić information content (AvgIpc) is 3.52. The predicted octanol–water partition coefficient (Wildman–Crippen LogP) is 5.15. The topological polar surface area (TPSA) is 88.0 Å². The van der Waals surface area contributed by atoms with Gasteiger partial charge < -0.3 is 19.6 Å². The Balaban J connectivity index is 1.80. The Kier molecular flexibility index (Phi) is 5.43. The van der Waals surface area contributed by atoms with Crippen LogP contribution in [0.15, 0.2) is 43.0 Å². The number of hydrogen-bond donors (Lipinski definition) is 1. The van der Waals surface area contributed by atoms with Gasteiger partial charge in [-0.2, -0.15) is 0 Å². The first kappa shape index (κ1) is 23.1. The first-order chi connectivity index (χ1) is 16.6. The summed E-state index contributed by atoms with van der Waals surface area (Å²) in [5, 5.41) is 0.639. The zero-order valence-corrected chi connectivity index (χ0v) is 19.3. The summed E-state index contributed by atoms with van der Waals surface area (Å²) in [6, 6.07) is 7.51. The molecule has 0 radical (unpaired) electrons. The van der Waals surface area contributed by atoms with E-state index in [-0.39, 0.29) is 17.6 Å². The Morgan fingerprint density at radius 2 is 2.06 bits per heavy atom. The van der Waals surface area contributed by atoms with Crippen LogP contribution in [-0.2, 0) is 11.3 Å². The number of imidazole rings is 1. The van der Waals surface area contributed by atoms with E-state index in [2.05, 4.69) is 21.3 Å². The Morgan fingerprint density at radius 3 is 2.69 bits per heavy atom. The van der Waals surface area contributed by atoms with Gasteiger partial charge in [-0.05, 0) is 50.1 Å². The molecule has 2 N–H and O–H groups in total. The quantitative estimate of drug-likeness (QED) is 0.290. The number of rotatable bonds is 7. The average molecular weight is 483 g/mol. The van der Waals surface area contributed by atoms with Crippen LogP contribution in [-0.4, -0.2) is 38.1 Å². The third-order valence-corrected chi connectivity index (χ3v) is 6.22. The second-order valence-corrected chi connectivity index (χ2v) is 8.87. The molecule has 5 rings (SSSR count). The molecule has 4 aromatic rings. The zero-order valence-electron chi connectivity index (χ0n) is 19.3. The molecule has 3 heterocycles. The first-order valence-electron chi connectivity index (χ1n) is 11.2. The van der Waals surface area contributed by atoms with E-state index >= 15 is 0 Å². The van der Waals surface area contributed by atoms with E-state index in [1.54, 1.807) is 25.1 Å². The smallest absolute Gasteiger partial charge is 0.340 e. The van der Waals surface area contributed by atoms with Crippen molar-refractivity contribution in [2.45, 2.75) is 44.3 Å². The van der Waals surface area contributed by atoms with Crippen LogP contribution in [0, 0.1) is 5.82 Å². The number of nitrogens with two attached hydrogens (primary N) is 1. The molecule has 7 nitrogen and oxygen atoms in total. The number of carbonyl (C=O) groups is 1. The van der Waals surface area contributed by atoms with E-state index in [1.165, 1.54) is 23.8 Å². The van der Waals surface area contributed by atoms with Gasteiger partial charge in [0.1, 0.15) is 11.5 Å². The number of ether oxygens (including phenoxy) is 1. The number of benzene rings is 1. The highest BCUT2D eigenvalue weighted by Crippen LogP contribution is 2.43. The molecule has 1 saturated carbocycles. The summed E-state index contributed by atoms with van der Waals surface area (Å²) in [7, 11) is 1.17. The number of carbonyl (C=O) groups excluding carboxylic acids is 1. The van der Waals surface area contributed by atoms with Crippen molar-refractivity contribution in [1.82, 2.24) is 19.1 Å². The molecule has 0 aliphatic heterocycles. The van der Waals surface area contributed by atoms with Crippen LogP contribution in [0.1, 0.15) is 47.9 Å². The number of aromatic nitrogens is 4. The minimum absolute atomic E-state index is 0.0392. The van der Waals surface area contributed by atoms with Gasteiger partial charge >= 0.3 is 5.97 Å². The number of nitrogens with zero attached hydrogens (tertiary/aromatic N) is 4. The van der Waals surface area contributed by atoms with Gasteiger partial charge in [0.15, 0.2) is 5.82 Å².